The van der Waals surface area contributed by atoms with Crippen LogP contribution in [-0.4, -0.2) is 17.2 Å². The number of methoxy groups -OCH3 is 1. The molecule has 3 aromatic rings. The number of phenols is 1. The van der Waals surface area contributed by atoms with E-state index in [9.17, 15) is 5.11 Å². The van der Waals surface area contributed by atoms with Gasteiger partial charge in [0.2, 0.25) is 0 Å². The summed E-state index contributed by atoms with van der Waals surface area (Å²) in [5.74, 6) is 0.633. The number of phenolic OH excluding ortho intramolecular Hbond substituents is 1. The minimum absolute atomic E-state index is 0.152. The predicted octanol–water partition coefficient (Wildman–Crippen LogP) is 3.56. The van der Waals surface area contributed by atoms with Crippen molar-refractivity contribution in [3.05, 3.63) is 60.4 Å². The molecule has 21 heavy (non-hydrogen) atoms. The quantitative estimate of drug-likeness (QED) is 0.767. The van der Waals surface area contributed by atoms with Crippen LogP contribution in [0.25, 0.3) is 10.8 Å². The Morgan fingerprint density at radius 2 is 2.10 bits per heavy atom. The molecule has 0 unspecified atom stereocenters. The maximum absolute atomic E-state index is 9.80. The van der Waals surface area contributed by atoms with Crippen molar-refractivity contribution in [3.8, 4) is 11.5 Å². The molecule has 0 amide bonds. The Labute approximate surface area is 123 Å². The number of pyridine rings is 1. The highest BCUT2D eigenvalue weighted by Crippen LogP contribution is 2.27. The first kappa shape index (κ1) is 13.2. The van der Waals surface area contributed by atoms with Crippen molar-refractivity contribution >= 4 is 16.5 Å². The standard InChI is InChI=1S/C17H16N2O2/c1-21-17-6-5-12(9-16(17)20)10-19-15-4-2-3-13-11-18-8-7-14(13)15/h2-9,11,19-20H,10H2,1H3. The molecule has 0 aliphatic carbocycles. The zero-order chi connectivity index (χ0) is 14.7. The fourth-order valence-corrected chi connectivity index (χ4v) is 2.32. The lowest BCUT2D eigenvalue weighted by Crippen LogP contribution is -2.00. The van der Waals surface area contributed by atoms with Crippen LogP contribution in [0.4, 0.5) is 5.69 Å². The van der Waals surface area contributed by atoms with Crippen molar-refractivity contribution in [1.82, 2.24) is 4.98 Å². The second-order valence-electron chi connectivity index (χ2n) is 4.76. The number of ether oxygens (including phenoxy) is 1. The fourth-order valence-electron chi connectivity index (χ4n) is 2.32. The maximum atomic E-state index is 9.80. The first-order valence-corrected chi connectivity index (χ1v) is 6.70. The number of hydrogen-bond acceptors (Lipinski definition) is 4. The van der Waals surface area contributed by atoms with E-state index in [0.717, 1.165) is 22.0 Å². The van der Waals surface area contributed by atoms with Gasteiger partial charge in [-0.3, -0.25) is 4.98 Å². The molecule has 0 saturated heterocycles. The Morgan fingerprint density at radius 3 is 2.90 bits per heavy atom. The lowest BCUT2D eigenvalue weighted by atomic mass is 10.1. The SMILES string of the molecule is COc1ccc(CNc2cccc3cnccc23)cc1O. The van der Waals surface area contributed by atoms with Gasteiger partial charge in [-0.25, -0.2) is 0 Å². The van der Waals surface area contributed by atoms with Crippen molar-refractivity contribution in [3.63, 3.8) is 0 Å². The van der Waals surface area contributed by atoms with Crippen LogP contribution in [0.2, 0.25) is 0 Å². The van der Waals surface area contributed by atoms with Crippen molar-refractivity contribution in [1.29, 1.82) is 0 Å². The summed E-state index contributed by atoms with van der Waals surface area (Å²) in [6, 6.07) is 13.5. The number of anilines is 1. The number of fused-ring (bicyclic) bond motifs is 1. The molecular formula is C17H16N2O2. The average molecular weight is 280 g/mol. The predicted molar refractivity (Wildman–Crippen MR) is 83.7 cm³/mol. The van der Waals surface area contributed by atoms with Gasteiger partial charge in [-0.1, -0.05) is 18.2 Å². The molecule has 4 heteroatoms. The van der Waals surface area contributed by atoms with Gasteiger partial charge in [0.15, 0.2) is 11.5 Å². The molecule has 2 N–H and O–H groups in total. The van der Waals surface area contributed by atoms with Crippen LogP contribution in [0.15, 0.2) is 54.9 Å². The number of nitrogens with zero attached hydrogens (tertiary/aromatic N) is 1. The third-order valence-electron chi connectivity index (χ3n) is 3.41. The molecule has 0 aliphatic heterocycles. The summed E-state index contributed by atoms with van der Waals surface area (Å²) in [6.07, 6.45) is 3.63. The fraction of sp³-hybridized carbons (Fsp3) is 0.118. The molecule has 0 fully saturated rings. The Kier molecular flexibility index (Phi) is 3.60. The topological polar surface area (TPSA) is 54.4 Å². The Hall–Kier alpha value is -2.75. The average Bonchev–Trinajstić information content (AvgIpc) is 2.53. The molecule has 3 rings (SSSR count). The zero-order valence-electron chi connectivity index (χ0n) is 11.7. The van der Waals surface area contributed by atoms with Crippen molar-refractivity contribution in [2.24, 2.45) is 0 Å². The molecule has 0 radical (unpaired) electrons. The van der Waals surface area contributed by atoms with Gasteiger partial charge < -0.3 is 15.2 Å². The van der Waals surface area contributed by atoms with E-state index in [1.807, 2.05) is 36.5 Å². The van der Waals surface area contributed by atoms with Gasteiger partial charge >= 0.3 is 0 Å². The summed E-state index contributed by atoms with van der Waals surface area (Å²) >= 11 is 0. The summed E-state index contributed by atoms with van der Waals surface area (Å²) in [6.45, 7) is 0.624. The molecule has 4 nitrogen and oxygen atoms in total. The zero-order valence-corrected chi connectivity index (χ0v) is 11.7. The maximum Gasteiger partial charge on any atom is 0.160 e. The molecule has 106 valence electrons. The number of hydrogen-bond donors (Lipinski definition) is 2. The van der Waals surface area contributed by atoms with E-state index in [4.69, 9.17) is 4.74 Å². The molecule has 2 aromatic carbocycles. The van der Waals surface area contributed by atoms with Gasteiger partial charge in [0.25, 0.3) is 0 Å². The highest BCUT2D eigenvalue weighted by atomic mass is 16.5. The van der Waals surface area contributed by atoms with Gasteiger partial charge in [-0.05, 0) is 29.8 Å². The third kappa shape index (κ3) is 2.74. The van der Waals surface area contributed by atoms with Crippen molar-refractivity contribution in [2.75, 3.05) is 12.4 Å². The van der Waals surface area contributed by atoms with Crippen LogP contribution in [0.5, 0.6) is 11.5 Å². The monoisotopic (exact) mass is 280 g/mol. The van der Waals surface area contributed by atoms with Crippen LogP contribution in [0.1, 0.15) is 5.56 Å². The van der Waals surface area contributed by atoms with E-state index < -0.39 is 0 Å². The highest BCUT2D eigenvalue weighted by Gasteiger charge is 2.04. The first-order chi connectivity index (χ1) is 10.3. The van der Waals surface area contributed by atoms with Gasteiger partial charge in [-0.15, -0.1) is 0 Å². The first-order valence-electron chi connectivity index (χ1n) is 6.70. The van der Waals surface area contributed by atoms with Crippen LogP contribution in [0.3, 0.4) is 0 Å². The summed E-state index contributed by atoms with van der Waals surface area (Å²) in [4.78, 5) is 4.13. The summed E-state index contributed by atoms with van der Waals surface area (Å²) in [5.41, 5.74) is 2.03. The Bertz CT molecular complexity index is 766. The molecule has 0 aliphatic rings. The van der Waals surface area contributed by atoms with E-state index in [2.05, 4.69) is 10.3 Å². The lowest BCUT2D eigenvalue weighted by molar-refractivity contribution is 0.373. The number of aromatic hydroxyl groups is 1. The molecule has 1 aromatic heterocycles. The number of nitrogens with one attached hydrogen (secondary N) is 1. The molecule has 1 heterocycles. The number of rotatable bonds is 4. The lowest BCUT2D eigenvalue weighted by Gasteiger charge is -2.11. The van der Waals surface area contributed by atoms with Crippen LogP contribution < -0.4 is 10.1 Å². The Balaban J connectivity index is 1.82. The van der Waals surface area contributed by atoms with E-state index in [-0.39, 0.29) is 5.75 Å². The molecule has 0 bridgehead atoms. The number of benzene rings is 2. The van der Waals surface area contributed by atoms with E-state index in [1.54, 1.807) is 18.3 Å². The van der Waals surface area contributed by atoms with Gasteiger partial charge in [0, 0.05) is 35.4 Å². The van der Waals surface area contributed by atoms with E-state index in [1.165, 1.54) is 7.11 Å². The van der Waals surface area contributed by atoms with Crippen molar-refractivity contribution in [2.45, 2.75) is 6.54 Å². The minimum atomic E-state index is 0.152. The molecule has 0 atom stereocenters. The van der Waals surface area contributed by atoms with Crippen LogP contribution in [-0.2, 0) is 6.54 Å². The van der Waals surface area contributed by atoms with Crippen molar-refractivity contribution < 1.29 is 9.84 Å². The van der Waals surface area contributed by atoms with Gasteiger partial charge in [0.1, 0.15) is 0 Å². The van der Waals surface area contributed by atoms with E-state index >= 15 is 0 Å². The second-order valence-corrected chi connectivity index (χ2v) is 4.76. The normalized spacial score (nSPS) is 10.5. The Morgan fingerprint density at radius 1 is 1.19 bits per heavy atom. The highest BCUT2D eigenvalue weighted by molar-refractivity contribution is 5.93. The van der Waals surface area contributed by atoms with Crippen LogP contribution >= 0.6 is 0 Å². The molecular weight excluding hydrogens is 264 g/mol. The smallest absolute Gasteiger partial charge is 0.160 e. The number of aromatic nitrogens is 1. The molecule has 0 spiro atoms. The summed E-state index contributed by atoms with van der Waals surface area (Å²) < 4.78 is 5.04. The van der Waals surface area contributed by atoms with Gasteiger partial charge in [-0.2, -0.15) is 0 Å². The minimum Gasteiger partial charge on any atom is -0.504 e. The largest absolute Gasteiger partial charge is 0.504 e. The van der Waals surface area contributed by atoms with Gasteiger partial charge in [0.05, 0.1) is 7.11 Å². The molecule has 0 saturated carbocycles. The van der Waals surface area contributed by atoms with E-state index in [0.29, 0.717) is 12.3 Å². The third-order valence-corrected chi connectivity index (χ3v) is 3.41. The summed E-state index contributed by atoms with van der Waals surface area (Å²) in [7, 11) is 1.54. The van der Waals surface area contributed by atoms with Crippen LogP contribution in [0, 0.1) is 0 Å². The second kappa shape index (κ2) is 5.71. The summed E-state index contributed by atoms with van der Waals surface area (Å²) in [5, 5.41) is 15.4.